The third kappa shape index (κ3) is 13.9. The van der Waals surface area contributed by atoms with Gasteiger partial charge in [0, 0.05) is 33.0 Å². The molecule has 9 nitrogen and oxygen atoms in total. The van der Waals surface area contributed by atoms with Crippen LogP contribution >= 0.6 is 0 Å². The first-order chi connectivity index (χ1) is 21.7. The molecule has 0 saturated heterocycles. The highest BCUT2D eigenvalue weighted by Crippen LogP contribution is 2.28. The molecular formula is C34H49F3N4O5. The van der Waals surface area contributed by atoms with E-state index in [4.69, 9.17) is 6.42 Å². The fourth-order valence-electron chi connectivity index (χ4n) is 5.70. The zero-order valence-corrected chi connectivity index (χ0v) is 26.8. The lowest BCUT2D eigenvalue weighted by Crippen LogP contribution is -2.55. The summed E-state index contributed by atoms with van der Waals surface area (Å²) in [5.74, 6) is 0.0741. The van der Waals surface area contributed by atoms with Crippen LogP contribution in [0.5, 0.6) is 0 Å². The molecule has 12 heteroatoms. The number of carbonyl (C=O) groups excluding carboxylic acids is 3. The van der Waals surface area contributed by atoms with Crippen LogP contribution in [0.25, 0.3) is 0 Å². The highest BCUT2D eigenvalue weighted by atomic mass is 19.4. The second-order valence-corrected chi connectivity index (χ2v) is 12.3. The molecule has 1 aliphatic carbocycles. The Kier molecular flexibility index (Phi) is 16.3. The average molecular weight is 651 g/mol. The second kappa shape index (κ2) is 19.3. The van der Waals surface area contributed by atoms with Gasteiger partial charge in [-0.25, -0.2) is 0 Å². The normalized spacial score (nSPS) is 17.2. The molecule has 0 spiro atoms. The lowest BCUT2D eigenvalue weighted by Gasteiger charge is -2.32. The summed E-state index contributed by atoms with van der Waals surface area (Å²) in [6.45, 7) is 2.42. The van der Waals surface area contributed by atoms with E-state index in [1.807, 2.05) is 6.07 Å². The number of hydrogen-bond donors (Lipinski definition) is 4. The van der Waals surface area contributed by atoms with Gasteiger partial charge in [-0.2, -0.15) is 13.2 Å². The number of benzene rings is 1. The van der Waals surface area contributed by atoms with E-state index in [1.54, 1.807) is 24.3 Å². The Balaban J connectivity index is 2.17. The predicted molar refractivity (Wildman–Crippen MR) is 170 cm³/mol. The van der Waals surface area contributed by atoms with Crippen LogP contribution in [0.4, 0.5) is 13.2 Å². The van der Waals surface area contributed by atoms with Crippen molar-refractivity contribution in [2.24, 2.45) is 11.8 Å². The van der Waals surface area contributed by atoms with Gasteiger partial charge >= 0.3 is 6.18 Å². The van der Waals surface area contributed by atoms with Crippen LogP contribution in [0, 0.1) is 24.2 Å². The summed E-state index contributed by atoms with van der Waals surface area (Å²) in [5.41, 5.74) is 0.773. The minimum Gasteiger partial charge on any atom is -0.388 e. The molecule has 4 N–H and O–H groups in total. The van der Waals surface area contributed by atoms with Crippen molar-refractivity contribution in [3.63, 3.8) is 0 Å². The fraction of sp³-hybridized carbons (Fsp3) is 0.618. The quantitative estimate of drug-likeness (QED) is 0.143. The molecule has 1 fully saturated rings. The van der Waals surface area contributed by atoms with Crippen LogP contribution in [0.15, 0.2) is 43.0 Å². The lowest BCUT2D eigenvalue weighted by atomic mass is 9.83. The molecule has 3 amide bonds. The number of halogens is 3. The molecule has 46 heavy (non-hydrogen) atoms. The molecule has 1 aromatic rings. The number of likely N-dealkylation sites (N-methyl/N-ethyl adjacent to an activating group) is 2. The fourth-order valence-corrected chi connectivity index (χ4v) is 5.70. The maximum atomic E-state index is 13.6. The maximum Gasteiger partial charge on any atom is 0.401 e. The van der Waals surface area contributed by atoms with Gasteiger partial charge in [-0.1, -0.05) is 68.5 Å². The van der Waals surface area contributed by atoms with Crippen LogP contribution in [0.3, 0.4) is 0 Å². The topological polar surface area (TPSA) is 122 Å². The molecule has 0 aliphatic heterocycles. The molecule has 256 valence electrons. The van der Waals surface area contributed by atoms with E-state index in [9.17, 15) is 37.8 Å². The van der Waals surface area contributed by atoms with Crippen LogP contribution in [0.1, 0.15) is 56.9 Å². The van der Waals surface area contributed by atoms with Crippen LogP contribution in [-0.2, 0) is 20.8 Å². The van der Waals surface area contributed by atoms with E-state index in [-0.39, 0.29) is 38.3 Å². The van der Waals surface area contributed by atoms with Crippen LogP contribution < -0.4 is 10.6 Å². The van der Waals surface area contributed by atoms with Gasteiger partial charge in [0.25, 0.3) is 0 Å². The number of terminal acetylenes is 1. The molecule has 2 rings (SSSR count). The third-order valence-corrected chi connectivity index (χ3v) is 8.41. The summed E-state index contributed by atoms with van der Waals surface area (Å²) in [5, 5.41) is 26.6. The van der Waals surface area contributed by atoms with Crippen molar-refractivity contribution in [2.45, 2.75) is 88.3 Å². The van der Waals surface area contributed by atoms with Gasteiger partial charge < -0.3 is 25.7 Å². The van der Waals surface area contributed by atoms with Crippen molar-refractivity contribution in [3.8, 4) is 12.3 Å². The van der Waals surface area contributed by atoms with Gasteiger partial charge in [0.05, 0.1) is 24.6 Å². The molecule has 0 heterocycles. The van der Waals surface area contributed by atoms with Gasteiger partial charge in [0.15, 0.2) is 0 Å². The summed E-state index contributed by atoms with van der Waals surface area (Å²) < 4.78 is 38.1. The van der Waals surface area contributed by atoms with Crippen molar-refractivity contribution in [1.29, 1.82) is 0 Å². The first kappa shape index (κ1) is 38.8. The minimum atomic E-state index is -4.36. The Bertz CT molecular complexity index is 1150. The van der Waals surface area contributed by atoms with E-state index in [2.05, 4.69) is 23.1 Å². The summed E-state index contributed by atoms with van der Waals surface area (Å²) in [7, 11) is 2.77. The van der Waals surface area contributed by atoms with Crippen molar-refractivity contribution in [1.82, 2.24) is 20.4 Å². The molecule has 0 radical (unpaired) electrons. The Morgan fingerprint density at radius 2 is 1.72 bits per heavy atom. The van der Waals surface area contributed by atoms with Crippen molar-refractivity contribution in [3.05, 3.63) is 48.6 Å². The first-order valence-electron chi connectivity index (χ1n) is 15.8. The molecular weight excluding hydrogens is 601 g/mol. The second-order valence-electron chi connectivity index (χ2n) is 12.3. The first-order valence-corrected chi connectivity index (χ1v) is 15.8. The number of carbonyl (C=O) groups is 3. The lowest BCUT2D eigenvalue weighted by molar-refractivity contribution is -0.144. The Morgan fingerprint density at radius 3 is 2.30 bits per heavy atom. The van der Waals surface area contributed by atoms with Crippen LogP contribution in [-0.4, -0.2) is 102 Å². The Hall–Kier alpha value is -3.40. The van der Waals surface area contributed by atoms with Gasteiger partial charge in [0.2, 0.25) is 17.7 Å². The minimum absolute atomic E-state index is 0.0177. The predicted octanol–water partition coefficient (Wildman–Crippen LogP) is 3.06. The summed E-state index contributed by atoms with van der Waals surface area (Å²) in [4.78, 5) is 42.6. The van der Waals surface area contributed by atoms with Crippen LogP contribution in [0.2, 0.25) is 0 Å². The molecule has 1 aromatic carbocycles. The number of aliphatic hydroxyl groups is 2. The Morgan fingerprint density at radius 1 is 1.07 bits per heavy atom. The Labute approximate surface area is 270 Å². The molecule has 0 aromatic heterocycles. The van der Waals surface area contributed by atoms with Crippen molar-refractivity contribution in [2.75, 3.05) is 33.7 Å². The zero-order valence-electron chi connectivity index (χ0n) is 26.8. The van der Waals surface area contributed by atoms with Gasteiger partial charge in [-0.3, -0.25) is 19.3 Å². The summed E-state index contributed by atoms with van der Waals surface area (Å²) in [6.07, 6.45) is 5.07. The van der Waals surface area contributed by atoms with Gasteiger partial charge in [-0.15, -0.1) is 18.9 Å². The van der Waals surface area contributed by atoms with Gasteiger partial charge in [0.1, 0.15) is 12.1 Å². The number of hydrogen-bond acceptors (Lipinski definition) is 6. The van der Waals surface area contributed by atoms with E-state index in [0.29, 0.717) is 6.42 Å². The molecule has 5 atom stereocenters. The average Bonchev–Trinajstić information content (AvgIpc) is 3.02. The number of nitrogens with one attached hydrogen (secondary N) is 2. The van der Waals surface area contributed by atoms with E-state index < -0.39 is 60.7 Å². The summed E-state index contributed by atoms with van der Waals surface area (Å²) >= 11 is 0. The monoisotopic (exact) mass is 650 g/mol. The van der Waals surface area contributed by atoms with Crippen molar-refractivity contribution >= 4 is 17.7 Å². The number of rotatable bonds is 18. The van der Waals surface area contributed by atoms with E-state index >= 15 is 0 Å². The molecule has 1 aliphatic rings. The summed E-state index contributed by atoms with van der Waals surface area (Å²) in [6, 6.07) is 7.00. The highest BCUT2D eigenvalue weighted by Gasteiger charge is 2.34. The molecule has 1 saturated carbocycles. The molecule has 0 bridgehead atoms. The number of aliphatic hydroxyl groups excluding tert-OH is 2. The van der Waals surface area contributed by atoms with Gasteiger partial charge in [-0.05, 0) is 31.4 Å². The largest absolute Gasteiger partial charge is 0.401 e. The number of nitrogens with zero attached hydrogens (tertiary/aromatic N) is 2. The SMILES string of the molecule is C#CC[C@H](NC(=O)C(CC(=O)N(C)CCN(C)CC(F)(F)F)Cc1ccccc1)C(=O)N[C@@H](CC1CCCCC1)[C@@H](O)[C@@H](O)C=C. The highest BCUT2D eigenvalue weighted by molar-refractivity contribution is 5.91. The van der Waals surface area contributed by atoms with Crippen molar-refractivity contribution < 1.29 is 37.8 Å². The van der Waals surface area contributed by atoms with E-state index in [0.717, 1.165) is 42.6 Å². The standard InChI is InChI=1S/C34H49F3N4O5/c1-5-13-27(33(46)39-28(31(44)29(42)6-2)21-25-16-11-8-12-17-25)38-32(45)26(20-24-14-9-7-10-15-24)22-30(43)41(4)19-18-40(3)23-34(35,36)37/h1,6-7,9-10,14-15,25-29,31,42,44H,2,8,11-13,16-23H2,3-4H3,(H,38,45)(H,39,46)/t26?,27-,28-,29-,31+/m0/s1. The smallest absolute Gasteiger partial charge is 0.388 e. The molecule has 1 unspecified atom stereocenters. The van der Waals surface area contributed by atoms with E-state index in [1.165, 1.54) is 25.1 Å². The number of amides is 3. The zero-order chi connectivity index (χ0) is 34.3. The number of alkyl halides is 3. The third-order valence-electron chi connectivity index (χ3n) is 8.41. The maximum absolute atomic E-state index is 13.6.